The summed E-state index contributed by atoms with van der Waals surface area (Å²) in [5.41, 5.74) is 0. The van der Waals surface area contributed by atoms with Crippen LogP contribution in [0.25, 0.3) is 0 Å². The maximum atomic E-state index is 12.8. The smallest absolute Gasteiger partial charge is 0.392 e. The summed E-state index contributed by atoms with van der Waals surface area (Å²) in [4.78, 5) is 15.7. The van der Waals surface area contributed by atoms with Crippen LogP contribution in [-0.2, 0) is 16.1 Å². The van der Waals surface area contributed by atoms with Crippen molar-refractivity contribution >= 4 is 17.3 Å². The summed E-state index contributed by atoms with van der Waals surface area (Å²) in [5, 5.41) is 2.31. The van der Waals surface area contributed by atoms with Crippen molar-refractivity contribution in [2.75, 3.05) is 0 Å². The summed E-state index contributed by atoms with van der Waals surface area (Å²) in [6, 6.07) is 0. The minimum absolute atomic E-state index is 0.0144. The molecule has 0 spiro atoms. The Labute approximate surface area is 112 Å². The van der Waals surface area contributed by atoms with Crippen molar-refractivity contribution in [1.29, 1.82) is 0 Å². The summed E-state index contributed by atoms with van der Waals surface area (Å²) in [6.45, 7) is -0.0441. The van der Waals surface area contributed by atoms with Crippen LogP contribution in [0.5, 0.6) is 0 Å². The Kier molecular flexibility index (Phi) is 4.44. The van der Waals surface area contributed by atoms with Crippen molar-refractivity contribution in [3.8, 4) is 0 Å². The zero-order valence-electron chi connectivity index (χ0n) is 10.2. The van der Waals surface area contributed by atoms with E-state index in [1.807, 2.05) is 0 Å². The minimum atomic E-state index is -4.33. The van der Waals surface area contributed by atoms with Gasteiger partial charge in [0.05, 0.1) is 11.8 Å². The van der Waals surface area contributed by atoms with Crippen molar-refractivity contribution in [2.24, 2.45) is 11.8 Å². The zero-order valence-corrected chi connectivity index (χ0v) is 11.0. The van der Waals surface area contributed by atoms with E-state index in [0.29, 0.717) is 17.8 Å². The Morgan fingerprint density at radius 3 is 2.79 bits per heavy atom. The largest absolute Gasteiger partial charge is 0.458 e. The van der Waals surface area contributed by atoms with Gasteiger partial charge in [-0.3, -0.25) is 4.79 Å². The van der Waals surface area contributed by atoms with Crippen molar-refractivity contribution in [3.63, 3.8) is 0 Å². The Hall–Kier alpha value is -1.11. The van der Waals surface area contributed by atoms with E-state index in [-0.39, 0.29) is 19.4 Å². The highest BCUT2D eigenvalue weighted by molar-refractivity contribution is 7.09. The lowest BCUT2D eigenvalue weighted by Gasteiger charge is -2.31. The molecule has 0 aromatic carbocycles. The molecule has 2 rings (SSSR count). The fourth-order valence-electron chi connectivity index (χ4n) is 2.37. The minimum Gasteiger partial charge on any atom is -0.458 e. The number of hydrogen-bond donors (Lipinski definition) is 0. The van der Waals surface area contributed by atoms with Crippen molar-refractivity contribution in [3.05, 3.63) is 16.6 Å². The SMILES string of the molecule is O=C(OCc1nccs1)[C@@H]1CCCC[C@@H]1C(F)(F)F. The highest BCUT2D eigenvalue weighted by atomic mass is 32.1. The van der Waals surface area contributed by atoms with Crippen LogP contribution in [-0.4, -0.2) is 17.1 Å². The fraction of sp³-hybridized carbons (Fsp3) is 0.667. The standard InChI is InChI=1S/C12H14F3NO2S/c13-12(14,15)9-4-2-1-3-8(9)11(17)18-7-10-16-5-6-19-10/h5-6,8-9H,1-4,7H2/t8-,9+/m1/s1. The number of aromatic nitrogens is 1. The lowest BCUT2D eigenvalue weighted by molar-refractivity contribution is -0.205. The average Bonchev–Trinajstić information content (AvgIpc) is 2.88. The van der Waals surface area contributed by atoms with Gasteiger partial charge in [0.1, 0.15) is 11.6 Å². The van der Waals surface area contributed by atoms with Crippen LogP contribution in [0.15, 0.2) is 11.6 Å². The molecule has 0 radical (unpaired) electrons. The highest BCUT2D eigenvalue weighted by Gasteiger charge is 2.48. The van der Waals surface area contributed by atoms with Gasteiger partial charge in [-0.15, -0.1) is 11.3 Å². The van der Waals surface area contributed by atoms with Gasteiger partial charge < -0.3 is 4.74 Å². The van der Waals surface area contributed by atoms with Crippen LogP contribution in [0.1, 0.15) is 30.7 Å². The molecule has 1 saturated carbocycles. The molecule has 3 nitrogen and oxygen atoms in total. The van der Waals surface area contributed by atoms with Crippen LogP contribution in [0, 0.1) is 11.8 Å². The van der Waals surface area contributed by atoms with Crippen LogP contribution in [0.4, 0.5) is 13.2 Å². The number of thiazole rings is 1. The van der Waals surface area contributed by atoms with Gasteiger partial charge in [0, 0.05) is 11.6 Å². The molecule has 0 N–H and O–H groups in total. The van der Waals surface area contributed by atoms with E-state index in [0.717, 1.165) is 0 Å². The molecule has 19 heavy (non-hydrogen) atoms. The summed E-state index contributed by atoms with van der Waals surface area (Å²) < 4.78 is 43.5. The number of carbonyl (C=O) groups excluding carboxylic acids is 1. The summed E-state index contributed by atoms with van der Waals surface area (Å²) >= 11 is 1.31. The normalized spacial score (nSPS) is 24.2. The number of halogens is 3. The number of rotatable bonds is 3. The van der Waals surface area contributed by atoms with Crippen LogP contribution in [0.3, 0.4) is 0 Å². The first-order chi connectivity index (χ1) is 8.98. The van der Waals surface area contributed by atoms with E-state index >= 15 is 0 Å². The van der Waals surface area contributed by atoms with Gasteiger partial charge in [0.15, 0.2) is 0 Å². The van der Waals surface area contributed by atoms with E-state index in [1.165, 1.54) is 11.3 Å². The Bertz CT molecular complexity index is 419. The van der Waals surface area contributed by atoms with E-state index < -0.39 is 24.0 Å². The second-order valence-corrected chi connectivity index (χ2v) is 5.55. The molecular weight excluding hydrogens is 279 g/mol. The molecule has 0 amide bonds. The van der Waals surface area contributed by atoms with Gasteiger partial charge in [-0.2, -0.15) is 13.2 Å². The molecule has 1 aliphatic rings. The van der Waals surface area contributed by atoms with Gasteiger partial charge in [-0.25, -0.2) is 4.98 Å². The van der Waals surface area contributed by atoms with Crippen LogP contribution < -0.4 is 0 Å². The van der Waals surface area contributed by atoms with Crippen molar-refractivity contribution < 1.29 is 22.7 Å². The average molecular weight is 293 g/mol. The molecule has 2 atom stereocenters. The molecule has 1 aromatic rings. The molecule has 1 fully saturated rings. The molecule has 0 unspecified atom stereocenters. The van der Waals surface area contributed by atoms with Crippen molar-refractivity contribution in [1.82, 2.24) is 4.98 Å². The van der Waals surface area contributed by atoms with E-state index in [9.17, 15) is 18.0 Å². The number of nitrogens with zero attached hydrogens (tertiary/aromatic N) is 1. The summed E-state index contributed by atoms with van der Waals surface area (Å²) in [7, 11) is 0. The lowest BCUT2D eigenvalue weighted by atomic mass is 9.79. The third-order valence-corrected chi connectivity index (χ3v) is 4.06. The molecule has 1 heterocycles. The van der Waals surface area contributed by atoms with Crippen LogP contribution in [0.2, 0.25) is 0 Å². The van der Waals surface area contributed by atoms with Gasteiger partial charge in [-0.05, 0) is 12.8 Å². The van der Waals surface area contributed by atoms with Crippen LogP contribution >= 0.6 is 11.3 Å². The molecule has 0 bridgehead atoms. The number of ether oxygens (including phenoxy) is 1. The maximum Gasteiger partial charge on any atom is 0.392 e. The topological polar surface area (TPSA) is 39.2 Å². The fourth-order valence-corrected chi connectivity index (χ4v) is 2.90. The van der Waals surface area contributed by atoms with Crippen molar-refractivity contribution in [2.45, 2.75) is 38.5 Å². The number of carbonyl (C=O) groups is 1. The molecule has 1 aliphatic carbocycles. The second-order valence-electron chi connectivity index (χ2n) is 4.57. The predicted octanol–water partition coefficient (Wildman–Crippen LogP) is 3.56. The molecule has 0 saturated heterocycles. The third-order valence-electron chi connectivity index (χ3n) is 3.31. The zero-order chi connectivity index (χ0) is 13.9. The number of esters is 1. The van der Waals surface area contributed by atoms with E-state index in [1.54, 1.807) is 11.6 Å². The maximum absolute atomic E-state index is 12.8. The van der Waals surface area contributed by atoms with Gasteiger partial charge >= 0.3 is 12.1 Å². The highest BCUT2D eigenvalue weighted by Crippen LogP contribution is 2.42. The first-order valence-corrected chi connectivity index (χ1v) is 6.98. The molecule has 1 aromatic heterocycles. The Morgan fingerprint density at radius 2 is 2.16 bits per heavy atom. The molecule has 106 valence electrons. The van der Waals surface area contributed by atoms with Gasteiger partial charge in [-0.1, -0.05) is 12.8 Å². The summed E-state index contributed by atoms with van der Waals surface area (Å²) in [6.07, 6.45) is -1.34. The molecule has 7 heteroatoms. The lowest BCUT2D eigenvalue weighted by Crippen LogP contribution is -2.38. The predicted molar refractivity (Wildman–Crippen MR) is 63.4 cm³/mol. The molecule has 0 aliphatic heterocycles. The Balaban J connectivity index is 1.95. The number of alkyl halides is 3. The van der Waals surface area contributed by atoms with E-state index in [4.69, 9.17) is 4.74 Å². The summed E-state index contributed by atoms with van der Waals surface area (Å²) in [5.74, 6) is -3.38. The monoisotopic (exact) mass is 293 g/mol. The van der Waals surface area contributed by atoms with Gasteiger partial charge in [0.25, 0.3) is 0 Å². The third kappa shape index (κ3) is 3.68. The molecular formula is C12H14F3NO2S. The first-order valence-electron chi connectivity index (χ1n) is 6.10. The van der Waals surface area contributed by atoms with E-state index in [2.05, 4.69) is 4.98 Å². The number of hydrogen-bond acceptors (Lipinski definition) is 4. The second kappa shape index (κ2) is 5.90. The first kappa shape index (κ1) is 14.3. The quantitative estimate of drug-likeness (QED) is 0.800. The van der Waals surface area contributed by atoms with Gasteiger partial charge in [0.2, 0.25) is 0 Å². The Morgan fingerprint density at radius 1 is 1.42 bits per heavy atom.